The van der Waals surface area contributed by atoms with Crippen LogP contribution in [0.4, 0.5) is 4.39 Å². The second kappa shape index (κ2) is 4.72. The van der Waals surface area contributed by atoms with E-state index in [0.717, 1.165) is 0 Å². The summed E-state index contributed by atoms with van der Waals surface area (Å²) in [5, 5.41) is 0. The summed E-state index contributed by atoms with van der Waals surface area (Å²) in [6, 6.07) is 12.9. The molecule has 3 rings (SSSR count). The number of fused-ring (bicyclic) bond motifs is 1. The summed E-state index contributed by atoms with van der Waals surface area (Å²) >= 11 is 0. The first-order valence-corrected chi connectivity index (χ1v) is 7.46. The number of hydrogen-bond acceptors (Lipinski definition) is 3. The Hall–Kier alpha value is -2.21. The molecule has 1 N–H and O–H groups in total. The summed E-state index contributed by atoms with van der Waals surface area (Å²) in [7, 11) is -3.54. The number of amidine groups is 1. The van der Waals surface area contributed by atoms with Gasteiger partial charge in [0.1, 0.15) is 11.7 Å². The molecular weight excluding hydrogens is 279 g/mol. The predicted octanol–water partition coefficient (Wildman–Crippen LogP) is 2.06. The van der Waals surface area contributed by atoms with Crippen molar-refractivity contribution >= 4 is 15.9 Å². The summed E-state index contributed by atoms with van der Waals surface area (Å²) in [5.41, 5.74) is 0.937. The lowest BCUT2D eigenvalue weighted by molar-refractivity contribution is 0.595. The fourth-order valence-corrected chi connectivity index (χ4v) is 3.29. The van der Waals surface area contributed by atoms with Crippen molar-refractivity contribution in [3.05, 3.63) is 65.5 Å². The number of sulfonamides is 1. The van der Waals surface area contributed by atoms with E-state index >= 15 is 0 Å². The van der Waals surface area contributed by atoms with Gasteiger partial charge in [0.05, 0.1) is 11.4 Å². The molecule has 102 valence electrons. The first kappa shape index (κ1) is 12.8. The van der Waals surface area contributed by atoms with Crippen LogP contribution < -0.4 is 4.72 Å². The minimum Gasteiger partial charge on any atom is -0.263 e. The molecule has 0 bridgehead atoms. The van der Waals surface area contributed by atoms with Gasteiger partial charge in [-0.1, -0.05) is 30.3 Å². The monoisotopic (exact) mass is 290 g/mol. The fourth-order valence-electron chi connectivity index (χ4n) is 2.04. The minimum absolute atomic E-state index is 0.0822. The molecule has 0 amide bonds. The van der Waals surface area contributed by atoms with Gasteiger partial charge in [0.2, 0.25) is 0 Å². The highest BCUT2D eigenvalue weighted by Crippen LogP contribution is 2.22. The maximum Gasteiger partial charge on any atom is 0.263 e. The van der Waals surface area contributed by atoms with Crippen LogP contribution in [-0.2, 0) is 16.6 Å². The molecule has 0 atom stereocenters. The van der Waals surface area contributed by atoms with Gasteiger partial charge in [-0.3, -0.25) is 9.71 Å². The number of nitrogens with one attached hydrogen (secondary N) is 1. The predicted molar refractivity (Wildman–Crippen MR) is 73.4 cm³/mol. The highest BCUT2D eigenvalue weighted by molar-refractivity contribution is 7.90. The molecule has 0 spiro atoms. The Labute approximate surface area is 116 Å². The Morgan fingerprint density at radius 1 is 1.05 bits per heavy atom. The van der Waals surface area contributed by atoms with Gasteiger partial charge in [0, 0.05) is 11.1 Å². The number of halogens is 1. The van der Waals surface area contributed by atoms with Crippen LogP contribution in [0.2, 0.25) is 0 Å². The zero-order chi connectivity index (χ0) is 14.2. The van der Waals surface area contributed by atoms with Crippen LogP contribution >= 0.6 is 0 Å². The molecular formula is C14H11FN2O2S. The van der Waals surface area contributed by atoms with Crippen LogP contribution in [0.25, 0.3) is 0 Å². The van der Waals surface area contributed by atoms with Gasteiger partial charge in [-0.2, -0.15) is 0 Å². The normalized spacial score (nSPS) is 17.8. The van der Waals surface area contributed by atoms with E-state index < -0.39 is 10.0 Å². The largest absolute Gasteiger partial charge is 0.263 e. The van der Waals surface area contributed by atoms with Crippen LogP contribution in [0, 0.1) is 5.82 Å². The molecule has 6 heteroatoms. The van der Waals surface area contributed by atoms with E-state index in [9.17, 15) is 12.8 Å². The molecule has 20 heavy (non-hydrogen) atoms. The van der Waals surface area contributed by atoms with Crippen molar-refractivity contribution in [2.45, 2.75) is 11.4 Å². The van der Waals surface area contributed by atoms with Crippen LogP contribution in [0.3, 0.4) is 0 Å². The van der Waals surface area contributed by atoms with Crippen molar-refractivity contribution < 1.29 is 12.8 Å². The van der Waals surface area contributed by atoms with Gasteiger partial charge < -0.3 is 0 Å². The van der Waals surface area contributed by atoms with Gasteiger partial charge in [0.15, 0.2) is 0 Å². The van der Waals surface area contributed by atoms with Crippen molar-refractivity contribution in [3.8, 4) is 0 Å². The third-order valence-electron chi connectivity index (χ3n) is 3.03. The maximum atomic E-state index is 13.5. The maximum absolute atomic E-state index is 13.5. The molecule has 0 aromatic heterocycles. The quantitative estimate of drug-likeness (QED) is 0.920. The molecule has 1 aliphatic heterocycles. The van der Waals surface area contributed by atoms with E-state index in [1.807, 2.05) is 0 Å². The van der Waals surface area contributed by atoms with Crippen molar-refractivity contribution in [3.63, 3.8) is 0 Å². The first-order valence-electron chi connectivity index (χ1n) is 5.98. The Bertz CT molecular complexity index is 800. The second-order valence-electron chi connectivity index (χ2n) is 4.36. The first-order chi connectivity index (χ1) is 9.58. The molecule has 2 aromatic carbocycles. The fraction of sp³-hybridized carbons (Fsp3) is 0.0714. The van der Waals surface area contributed by atoms with E-state index in [1.54, 1.807) is 36.4 Å². The van der Waals surface area contributed by atoms with Gasteiger partial charge in [-0.25, -0.2) is 12.8 Å². The number of benzene rings is 2. The van der Waals surface area contributed by atoms with Crippen LogP contribution in [0.5, 0.6) is 0 Å². The van der Waals surface area contributed by atoms with Crippen molar-refractivity contribution in [1.82, 2.24) is 4.72 Å². The summed E-state index contributed by atoms with van der Waals surface area (Å²) in [6.07, 6.45) is 0. The molecule has 0 saturated heterocycles. The third-order valence-corrected chi connectivity index (χ3v) is 4.43. The van der Waals surface area contributed by atoms with E-state index in [-0.39, 0.29) is 23.1 Å². The molecule has 0 fully saturated rings. The topological polar surface area (TPSA) is 58.5 Å². The zero-order valence-electron chi connectivity index (χ0n) is 10.4. The lowest BCUT2D eigenvalue weighted by Gasteiger charge is -2.01. The molecule has 2 aromatic rings. The summed E-state index contributed by atoms with van der Waals surface area (Å²) in [6.45, 7) is 0.0822. The number of hydrogen-bond donors (Lipinski definition) is 1. The molecule has 1 aliphatic rings. The molecule has 1 heterocycles. The van der Waals surface area contributed by atoms with Crippen molar-refractivity contribution in [2.75, 3.05) is 0 Å². The van der Waals surface area contributed by atoms with E-state index in [0.29, 0.717) is 11.1 Å². The molecule has 0 unspecified atom stereocenters. The van der Waals surface area contributed by atoms with Crippen LogP contribution in [0.15, 0.2) is 58.4 Å². The Balaban J connectivity index is 1.97. The minimum atomic E-state index is -3.54. The van der Waals surface area contributed by atoms with Crippen molar-refractivity contribution in [2.24, 2.45) is 4.99 Å². The third kappa shape index (κ3) is 2.18. The molecule has 0 aliphatic carbocycles. The molecule has 0 radical (unpaired) electrons. The van der Waals surface area contributed by atoms with Crippen LogP contribution in [0.1, 0.15) is 11.1 Å². The number of rotatable bonds is 2. The zero-order valence-corrected chi connectivity index (χ0v) is 11.2. The molecule has 4 nitrogen and oxygen atoms in total. The number of aliphatic imine (C=N–C) groups is 1. The van der Waals surface area contributed by atoms with Gasteiger partial charge in [-0.05, 0) is 18.2 Å². The Morgan fingerprint density at radius 2 is 1.75 bits per heavy atom. The number of nitrogens with zero attached hydrogens (tertiary/aromatic N) is 1. The Kier molecular flexibility index (Phi) is 3.02. The van der Waals surface area contributed by atoms with Gasteiger partial charge in [0.25, 0.3) is 10.0 Å². The smallest absolute Gasteiger partial charge is 0.263 e. The highest BCUT2D eigenvalue weighted by atomic mass is 32.2. The van der Waals surface area contributed by atoms with E-state index in [1.165, 1.54) is 12.1 Å². The lowest BCUT2D eigenvalue weighted by Crippen LogP contribution is -2.22. The second-order valence-corrected chi connectivity index (χ2v) is 6.01. The van der Waals surface area contributed by atoms with Crippen molar-refractivity contribution in [1.29, 1.82) is 0 Å². The standard InChI is InChI=1S/C14H11FN2O2S/c15-12-7-3-1-5-10(12)9-16-14-11-6-2-4-8-13(11)20(18,19)17-14/h1-8H,9H2,(H,16,17). The lowest BCUT2D eigenvalue weighted by atomic mass is 10.2. The highest BCUT2D eigenvalue weighted by Gasteiger charge is 2.29. The van der Waals surface area contributed by atoms with Crippen LogP contribution in [-0.4, -0.2) is 14.3 Å². The Morgan fingerprint density at radius 3 is 2.55 bits per heavy atom. The van der Waals surface area contributed by atoms with Gasteiger partial charge in [-0.15, -0.1) is 0 Å². The van der Waals surface area contributed by atoms with Gasteiger partial charge >= 0.3 is 0 Å². The SMILES string of the molecule is O=S1(=O)NC(=NCc2ccccc2F)c2ccccc21. The summed E-state index contributed by atoms with van der Waals surface area (Å²) < 4.78 is 39.6. The molecule has 0 saturated carbocycles. The summed E-state index contributed by atoms with van der Waals surface area (Å²) in [4.78, 5) is 4.38. The average Bonchev–Trinajstić information content (AvgIpc) is 2.70. The van der Waals surface area contributed by atoms with E-state index in [2.05, 4.69) is 9.71 Å². The summed E-state index contributed by atoms with van der Waals surface area (Å²) in [5.74, 6) is -0.102. The average molecular weight is 290 g/mol. The van der Waals surface area contributed by atoms with E-state index in [4.69, 9.17) is 0 Å².